The number of carboxylic acid groups (broad SMARTS) is 3. The number of nitrogens with zero attached hydrogens (tertiary/aromatic N) is 2. The maximum Gasteiger partial charge on any atom is 0.373 e. The molecule has 0 aliphatic rings. The van der Waals surface area contributed by atoms with Crippen LogP contribution >= 0.6 is 0 Å². The summed E-state index contributed by atoms with van der Waals surface area (Å²) >= 11 is 0. The van der Waals surface area contributed by atoms with E-state index in [1.54, 1.807) is 0 Å². The zero-order valence-electron chi connectivity index (χ0n) is 10.1. The Hall–Kier alpha value is -3.43. The van der Waals surface area contributed by atoms with Crippen LogP contribution in [-0.2, 0) is 0 Å². The number of nitrogens with one attached hydrogen (secondary N) is 1. The predicted octanol–water partition coefficient (Wildman–Crippen LogP) is -0.345. The van der Waals surface area contributed by atoms with E-state index in [1.165, 1.54) is 0 Å². The molecule has 0 amide bonds. The second-order valence-electron chi connectivity index (χ2n) is 3.87. The van der Waals surface area contributed by atoms with Crippen LogP contribution in [0.2, 0.25) is 0 Å². The number of carboxylic acids is 3. The van der Waals surface area contributed by atoms with Crippen molar-refractivity contribution in [2.75, 3.05) is 0 Å². The van der Waals surface area contributed by atoms with Gasteiger partial charge in [0.25, 0.3) is 0 Å². The molecule has 1 aromatic carbocycles. The molecule has 21 heavy (non-hydrogen) atoms. The monoisotopic (exact) mass is 293 g/mol. The number of carbonyl (C=O) groups is 3. The van der Waals surface area contributed by atoms with Crippen molar-refractivity contribution in [3.05, 3.63) is 45.6 Å². The first kappa shape index (κ1) is 14.0. The molecule has 10 heteroatoms. The van der Waals surface area contributed by atoms with Crippen LogP contribution in [0.4, 0.5) is 0 Å². The van der Waals surface area contributed by atoms with Gasteiger partial charge in [0.15, 0.2) is 0 Å². The van der Waals surface area contributed by atoms with Crippen LogP contribution in [-0.4, -0.2) is 48.0 Å². The molecule has 0 saturated carbocycles. The van der Waals surface area contributed by atoms with Crippen LogP contribution in [0.1, 0.15) is 31.3 Å². The van der Waals surface area contributed by atoms with Gasteiger partial charge in [0.2, 0.25) is 5.82 Å². The second kappa shape index (κ2) is 4.92. The van der Waals surface area contributed by atoms with E-state index in [4.69, 9.17) is 15.3 Å². The van der Waals surface area contributed by atoms with E-state index in [9.17, 15) is 19.2 Å². The van der Waals surface area contributed by atoms with E-state index in [1.807, 2.05) is 4.98 Å². The van der Waals surface area contributed by atoms with Crippen molar-refractivity contribution in [3.8, 4) is 5.69 Å². The predicted molar refractivity (Wildman–Crippen MR) is 65.1 cm³/mol. The van der Waals surface area contributed by atoms with Gasteiger partial charge in [-0.15, -0.1) is 5.10 Å². The van der Waals surface area contributed by atoms with Crippen molar-refractivity contribution >= 4 is 17.9 Å². The Morgan fingerprint density at radius 3 is 1.86 bits per heavy atom. The summed E-state index contributed by atoms with van der Waals surface area (Å²) in [5.74, 6) is -4.95. The molecule has 0 radical (unpaired) electrons. The van der Waals surface area contributed by atoms with Crippen LogP contribution in [0.3, 0.4) is 0 Å². The van der Waals surface area contributed by atoms with Crippen LogP contribution in [0, 0.1) is 0 Å². The highest BCUT2D eigenvalue weighted by Gasteiger charge is 2.17. The third kappa shape index (κ3) is 2.63. The summed E-state index contributed by atoms with van der Waals surface area (Å²) in [5, 5.41) is 30.0. The van der Waals surface area contributed by atoms with E-state index in [0.717, 1.165) is 18.2 Å². The van der Waals surface area contributed by atoms with E-state index in [2.05, 4.69) is 5.10 Å². The first-order valence-corrected chi connectivity index (χ1v) is 5.34. The van der Waals surface area contributed by atoms with Crippen LogP contribution < -0.4 is 5.69 Å². The highest BCUT2D eigenvalue weighted by Crippen LogP contribution is 2.13. The van der Waals surface area contributed by atoms with E-state index < -0.39 is 29.4 Å². The largest absolute Gasteiger partial charge is 0.478 e. The van der Waals surface area contributed by atoms with Gasteiger partial charge in [0.1, 0.15) is 0 Å². The van der Waals surface area contributed by atoms with Crippen LogP contribution in [0.15, 0.2) is 23.0 Å². The first-order valence-electron chi connectivity index (χ1n) is 5.34. The third-order valence-corrected chi connectivity index (χ3v) is 2.48. The lowest BCUT2D eigenvalue weighted by Gasteiger charge is -2.04. The fourth-order valence-corrected chi connectivity index (χ4v) is 1.58. The number of aromatic carboxylic acids is 3. The molecule has 0 saturated heterocycles. The van der Waals surface area contributed by atoms with Crippen molar-refractivity contribution in [1.82, 2.24) is 14.8 Å². The Morgan fingerprint density at radius 1 is 0.952 bits per heavy atom. The number of hydrogen-bond acceptors (Lipinski definition) is 5. The average Bonchev–Trinajstić information content (AvgIpc) is 2.80. The number of aromatic amines is 1. The van der Waals surface area contributed by atoms with Gasteiger partial charge in [0, 0.05) is 0 Å². The molecule has 0 fully saturated rings. The summed E-state index contributed by atoms with van der Waals surface area (Å²) in [6.45, 7) is 0. The number of H-pyrrole nitrogens is 1. The summed E-state index contributed by atoms with van der Waals surface area (Å²) in [7, 11) is 0. The van der Waals surface area contributed by atoms with Crippen molar-refractivity contribution in [3.63, 3.8) is 0 Å². The highest BCUT2D eigenvalue weighted by molar-refractivity contribution is 5.94. The first-order chi connectivity index (χ1) is 9.79. The number of hydrogen-bond donors (Lipinski definition) is 4. The van der Waals surface area contributed by atoms with Crippen molar-refractivity contribution in [2.45, 2.75) is 0 Å². The summed E-state index contributed by atoms with van der Waals surface area (Å²) < 4.78 is 0.572. The van der Waals surface area contributed by atoms with Crippen molar-refractivity contribution in [2.24, 2.45) is 0 Å². The zero-order valence-corrected chi connectivity index (χ0v) is 10.1. The van der Waals surface area contributed by atoms with E-state index >= 15 is 0 Å². The molecule has 0 atom stereocenters. The van der Waals surface area contributed by atoms with Crippen LogP contribution in [0.25, 0.3) is 5.69 Å². The molecule has 108 valence electrons. The molecule has 10 nitrogen and oxygen atoms in total. The van der Waals surface area contributed by atoms with Gasteiger partial charge in [-0.1, -0.05) is 0 Å². The van der Waals surface area contributed by atoms with Gasteiger partial charge in [-0.3, -0.25) is 4.98 Å². The Kier molecular flexibility index (Phi) is 3.28. The van der Waals surface area contributed by atoms with Gasteiger partial charge < -0.3 is 15.3 Å². The quantitative estimate of drug-likeness (QED) is 0.594. The maximum atomic E-state index is 11.6. The van der Waals surface area contributed by atoms with Crippen molar-refractivity contribution in [1.29, 1.82) is 0 Å². The van der Waals surface area contributed by atoms with Gasteiger partial charge in [-0.05, 0) is 18.2 Å². The Balaban J connectivity index is 2.68. The molecule has 0 aliphatic heterocycles. The maximum absolute atomic E-state index is 11.6. The number of rotatable bonds is 4. The van der Waals surface area contributed by atoms with E-state index in [0.29, 0.717) is 4.68 Å². The molecular formula is C11H7N3O7. The van der Waals surface area contributed by atoms with Gasteiger partial charge in [-0.2, -0.15) is 4.68 Å². The molecule has 2 rings (SSSR count). The Morgan fingerprint density at radius 2 is 1.48 bits per heavy atom. The topological polar surface area (TPSA) is 163 Å². The van der Waals surface area contributed by atoms with Gasteiger partial charge in [0.05, 0.1) is 16.8 Å². The Bertz CT molecular complexity index is 785. The van der Waals surface area contributed by atoms with Crippen LogP contribution in [0.5, 0.6) is 0 Å². The summed E-state index contributed by atoms with van der Waals surface area (Å²) in [6, 6.07) is 2.91. The molecule has 4 N–H and O–H groups in total. The van der Waals surface area contributed by atoms with Gasteiger partial charge >= 0.3 is 23.6 Å². The molecule has 2 aromatic rings. The summed E-state index contributed by atoms with van der Waals surface area (Å²) in [6.07, 6.45) is 0. The molecular weight excluding hydrogens is 286 g/mol. The lowest BCUT2D eigenvalue weighted by atomic mass is 10.1. The SMILES string of the molecule is O=C(O)c1cc(C(=O)O)cc(-n2nc(C(=O)O)[nH]c2=O)c1. The number of benzene rings is 1. The minimum absolute atomic E-state index is 0.180. The molecule has 0 spiro atoms. The standard InChI is InChI=1S/C11H7N3O7/c15-8(16)4-1-5(9(17)18)3-6(2-4)14-11(21)12-7(13-14)10(19)20/h1-3H,(H,15,16)(H,17,18)(H,19,20)(H,12,13,21). The second-order valence-corrected chi connectivity index (χ2v) is 3.87. The lowest BCUT2D eigenvalue weighted by molar-refractivity contribution is 0.0673. The molecule has 0 unspecified atom stereocenters. The molecule has 1 aromatic heterocycles. The summed E-state index contributed by atoms with van der Waals surface area (Å²) in [4.78, 5) is 46.2. The van der Waals surface area contributed by atoms with E-state index in [-0.39, 0.29) is 16.8 Å². The normalized spacial score (nSPS) is 10.3. The minimum Gasteiger partial charge on any atom is -0.478 e. The number of aromatic nitrogens is 3. The summed E-state index contributed by atoms with van der Waals surface area (Å²) in [5.41, 5.74) is -1.87. The van der Waals surface area contributed by atoms with Crippen molar-refractivity contribution < 1.29 is 29.7 Å². The lowest BCUT2D eigenvalue weighted by Crippen LogP contribution is -2.17. The third-order valence-electron chi connectivity index (χ3n) is 2.48. The average molecular weight is 293 g/mol. The smallest absolute Gasteiger partial charge is 0.373 e. The molecule has 0 aliphatic carbocycles. The Labute approximate surface area is 114 Å². The minimum atomic E-state index is -1.49. The van der Waals surface area contributed by atoms with Gasteiger partial charge in [-0.25, -0.2) is 19.2 Å². The highest BCUT2D eigenvalue weighted by atomic mass is 16.4. The molecule has 0 bridgehead atoms. The fraction of sp³-hybridized carbons (Fsp3) is 0. The fourth-order valence-electron chi connectivity index (χ4n) is 1.58. The zero-order chi connectivity index (χ0) is 15.7. The molecule has 1 heterocycles.